The predicted molar refractivity (Wildman–Crippen MR) is 224 cm³/mol. The summed E-state index contributed by atoms with van der Waals surface area (Å²) in [4.78, 5) is 40.1. The molecule has 3 heterocycles. The Balaban J connectivity index is 1.21. The molecule has 0 spiro atoms. The van der Waals surface area contributed by atoms with Gasteiger partial charge >= 0.3 is 17.9 Å². The first-order valence-corrected chi connectivity index (χ1v) is 20.9. The molecule has 4 aromatic rings. The number of ether oxygens (including phenoxy) is 11. The van der Waals surface area contributed by atoms with Crippen LogP contribution in [0.4, 0.5) is 0 Å². The molecule has 0 amide bonds. The number of fused-ring (bicyclic) bond motifs is 1. The van der Waals surface area contributed by atoms with Crippen molar-refractivity contribution in [3.8, 4) is 0 Å². The summed E-state index contributed by atoms with van der Waals surface area (Å²) in [5.41, 5.74) is 14.0. The molecule has 1 unspecified atom stereocenters. The van der Waals surface area contributed by atoms with Crippen molar-refractivity contribution < 1.29 is 66.5 Å². The molecule has 3 fully saturated rings. The topological polar surface area (TPSA) is 202 Å². The van der Waals surface area contributed by atoms with Gasteiger partial charge < -0.3 is 52.1 Å². The van der Waals surface area contributed by atoms with Crippen LogP contribution in [0.15, 0.2) is 120 Å². The van der Waals surface area contributed by atoms with Crippen molar-refractivity contribution in [3.63, 3.8) is 0 Å². The summed E-state index contributed by atoms with van der Waals surface area (Å²) in [7, 11) is 0. The fraction of sp³-hybridized carbons (Fsp3) is 0.426. The van der Waals surface area contributed by atoms with Crippen LogP contribution in [0.3, 0.4) is 0 Å². The molecule has 3 aliphatic heterocycles. The van der Waals surface area contributed by atoms with Crippen LogP contribution >= 0.6 is 0 Å². The highest BCUT2D eigenvalue weighted by molar-refractivity contribution is 5.67. The lowest BCUT2D eigenvalue weighted by Gasteiger charge is -2.50. The van der Waals surface area contributed by atoms with Gasteiger partial charge in [0.15, 0.2) is 31.1 Å². The maximum atomic E-state index is 12.8. The highest BCUT2D eigenvalue weighted by Gasteiger charge is 2.57. The Morgan fingerprint density at radius 1 is 0.625 bits per heavy atom. The van der Waals surface area contributed by atoms with Crippen molar-refractivity contribution in [2.75, 3.05) is 13.2 Å². The third-order valence-electron chi connectivity index (χ3n) is 10.6. The second-order valence-electron chi connectivity index (χ2n) is 15.4. The second kappa shape index (κ2) is 22.8. The van der Waals surface area contributed by atoms with Gasteiger partial charge in [0.05, 0.1) is 33.0 Å². The van der Waals surface area contributed by atoms with Crippen LogP contribution in [-0.4, -0.2) is 92.5 Å². The van der Waals surface area contributed by atoms with Gasteiger partial charge in [0.1, 0.15) is 43.2 Å². The van der Waals surface area contributed by atoms with E-state index in [4.69, 9.17) is 52.1 Å². The van der Waals surface area contributed by atoms with E-state index in [2.05, 4.69) is 10.0 Å². The number of hydrogen-bond donors (Lipinski definition) is 0. The zero-order chi connectivity index (χ0) is 44.8. The summed E-state index contributed by atoms with van der Waals surface area (Å²) in [6.45, 7) is 4.13. The highest BCUT2D eigenvalue weighted by Crippen LogP contribution is 2.39. The Labute approximate surface area is 370 Å². The largest absolute Gasteiger partial charge is 0.461 e. The average Bonchev–Trinajstić information content (AvgIpc) is 3.30. The van der Waals surface area contributed by atoms with Crippen molar-refractivity contribution in [1.82, 2.24) is 0 Å². The van der Waals surface area contributed by atoms with Gasteiger partial charge in [0.2, 0.25) is 0 Å². The molecule has 3 saturated heterocycles. The predicted octanol–water partition coefficient (Wildman–Crippen LogP) is 6.56. The molecule has 17 heteroatoms. The molecule has 0 N–H and O–H groups in total. The van der Waals surface area contributed by atoms with Crippen LogP contribution < -0.4 is 0 Å². The third-order valence-corrected chi connectivity index (χ3v) is 10.6. The minimum absolute atomic E-state index is 0.00461. The Morgan fingerprint density at radius 2 is 1.20 bits per heavy atom. The van der Waals surface area contributed by atoms with E-state index < -0.39 is 79.6 Å². The summed E-state index contributed by atoms with van der Waals surface area (Å²) in [6, 6.07) is 34.2. The van der Waals surface area contributed by atoms with E-state index in [1.807, 2.05) is 115 Å². The molecular weight excluding hydrogens is 831 g/mol. The fourth-order valence-electron chi connectivity index (χ4n) is 7.66. The first-order valence-electron chi connectivity index (χ1n) is 20.9. The van der Waals surface area contributed by atoms with Crippen molar-refractivity contribution in [2.45, 2.75) is 115 Å². The monoisotopic (exact) mass is 881 g/mol. The SMILES string of the molecule is CC(=O)OCc1ccc(CO[C@@H]2O[C@H](COCc3ccccc3)[C@@H](O[C@@H]3O[C@@H]4COC(c5ccccc5)O[C@@H]4[C@H](OC(C)=O)[C@H]3OC(C)=O)[C@H](OCc3ccccc3)[C@H]2N=[N+]=[N-])cc1. The van der Waals surface area contributed by atoms with Crippen LogP contribution in [0.1, 0.15) is 54.9 Å². The van der Waals surface area contributed by atoms with Gasteiger partial charge in [-0.25, -0.2) is 0 Å². The molecule has 0 aliphatic carbocycles. The van der Waals surface area contributed by atoms with E-state index in [1.165, 1.54) is 20.8 Å². The van der Waals surface area contributed by atoms with Gasteiger partial charge in [0.25, 0.3) is 0 Å². The smallest absolute Gasteiger partial charge is 0.303 e. The number of hydrogen-bond acceptors (Lipinski definition) is 15. The number of benzene rings is 4. The number of esters is 3. The summed E-state index contributed by atoms with van der Waals surface area (Å²) < 4.78 is 68.7. The normalized spacial score (nSPS) is 27.6. The van der Waals surface area contributed by atoms with Crippen molar-refractivity contribution in [2.24, 2.45) is 5.11 Å². The summed E-state index contributed by atoms with van der Waals surface area (Å²) in [5, 5.41) is 4.16. The molecule has 338 valence electrons. The van der Waals surface area contributed by atoms with Crippen molar-refractivity contribution >= 4 is 17.9 Å². The molecule has 4 aromatic carbocycles. The summed E-state index contributed by atoms with van der Waals surface area (Å²) in [6.07, 6.45) is -11.1. The van der Waals surface area contributed by atoms with Crippen LogP contribution in [0.5, 0.6) is 0 Å². The maximum absolute atomic E-state index is 12.8. The number of azide groups is 1. The first kappa shape index (κ1) is 46.3. The van der Waals surface area contributed by atoms with Crippen LogP contribution in [0.25, 0.3) is 10.4 Å². The van der Waals surface area contributed by atoms with Crippen molar-refractivity contribution in [3.05, 3.63) is 154 Å². The van der Waals surface area contributed by atoms with E-state index in [1.54, 1.807) is 0 Å². The molecule has 64 heavy (non-hydrogen) atoms. The lowest BCUT2D eigenvalue weighted by atomic mass is 9.95. The van der Waals surface area contributed by atoms with Gasteiger partial charge in [-0.15, -0.1) is 0 Å². The van der Waals surface area contributed by atoms with E-state index in [0.717, 1.165) is 27.8 Å². The van der Waals surface area contributed by atoms with E-state index in [-0.39, 0.29) is 45.6 Å². The second-order valence-corrected chi connectivity index (χ2v) is 15.4. The molecule has 0 aromatic heterocycles. The Hall–Kier alpha value is -5.72. The van der Waals surface area contributed by atoms with Gasteiger partial charge in [-0.05, 0) is 27.8 Å². The zero-order valence-corrected chi connectivity index (χ0v) is 35.6. The van der Waals surface area contributed by atoms with Gasteiger partial charge in [-0.1, -0.05) is 120 Å². The van der Waals surface area contributed by atoms with Crippen LogP contribution in [0, 0.1) is 0 Å². The molecule has 0 saturated carbocycles. The van der Waals surface area contributed by atoms with Gasteiger partial charge in [-0.2, -0.15) is 0 Å². The lowest BCUT2D eigenvalue weighted by molar-refractivity contribution is -0.383. The van der Waals surface area contributed by atoms with E-state index in [0.29, 0.717) is 0 Å². The van der Waals surface area contributed by atoms with E-state index in [9.17, 15) is 19.9 Å². The van der Waals surface area contributed by atoms with Gasteiger partial charge in [0, 0.05) is 31.2 Å². The molecule has 7 rings (SSSR count). The number of carbonyl (C=O) groups excluding carboxylic acids is 3. The maximum Gasteiger partial charge on any atom is 0.303 e. The summed E-state index contributed by atoms with van der Waals surface area (Å²) >= 11 is 0. The molecule has 3 aliphatic rings. The third kappa shape index (κ3) is 12.5. The summed E-state index contributed by atoms with van der Waals surface area (Å²) in [5.74, 6) is -1.75. The number of rotatable bonds is 18. The zero-order valence-electron chi connectivity index (χ0n) is 35.6. The van der Waals surface area contributed by atoms with Crippen LogP contribution in [-0.2, 0) is 92.9 Å². The van der Waals surface area contributed by atoms with E-state index >= 15 is 0 Å². The minimum Gasteiger partial charge on any atom is -0.461 e. The van der Waals surface area contributed by atoms with Gasteiger partial charge in [-0.3, -0.25) is 14.4 Å². The number of carbonyl (C=O) groups is 3. The van der Waals surface area contributed by atoms with Crippen LogP contribution in [0.2, 0.25) is 0 Å². The Morgan fingerprint density at radius 3 is 1.83 bits per heavy atom. The highest BCUT2D eigenvalue weighted by atomic mass is 16.8. The number of nitrogens with zero attached hydrogens (tertiary/aromatic N) is 3. The van der Waals surface area contributed by atoms with Crippen molar-refractivity contribution in [1.29, 1.82) is 0 Å². The Kier molecular flexibility index (Phi) is 16.5. The average molecular weight is 882 g/mol. The standard InChI is InChI=1S/C47H51N3O14/c1-29(51)55-24-34-19-21-35(22-20-34)26-57-46-39(49-50-48)42(56-25-33-15-9-5-10-16-33)40(37(61-46)27-54-23-32-13-7-4-8-14-32)64-47-44(60-31(3)53)43(59-30(2)52)41-38(62-47)28-58-45(63-41)36-17-11-6-12-18-36/h4-22,37-47H,23-28H2,1-3H3/t37-,38-,39-,40-,41+,42-,43+,44-,45?,46-,47+/m1/s1. The fourth-order valence-corrected chi connectivity index (χ4v) is 7.66. The molecule has 0 radical (unpaired) electrons. The molecule has 11 atom stereocenters. The lowest BCUT2D eigenvalue weighted by Crippen LogP contribution is -2.67. The quantitative estimate of drug-likeness (QED) is 0.0342. The first-order chi connectivity index (χ1) is 31.1. The molecule has 0 bridgehead atoms. The molecule has 17 nitrogen and oxygen atoms in total. The Bertz CT molecular complexity index is 2160. The minimum atomic E-state index is -1.43. The molecular formula is C47H51N3O14.